The number of nitrogens with two attached hydrogens (primary N) is 2. The average molecular weight is 180 g/mol. The number of anilines is 1. The molecule has 0 bridgehead atoms. The van der Waals surface area contributed by atoms with E-state index >= 15 is 0 Å². The van der Waals surface area contributed by atoms with Crippen LogP contribution in [0.3, 0.4) is 0 Å². The molecule has 70 valence electrons. The fourth-order valence-corrected chi connectivity index (χ4v) is 1.18. The highest BCUT2D eigenvalue weighted by Gasteiger charge is 2.09. The predicted octanol–water partition coefficient (Wildman–Crippen LogP) is 1.90. The number of rotatable bonds is 2. The Morgan fingerprint density at radius 2 is 2.15 bits per heavy atom. The monoisotopic (exact) mass is 180 g/mol. The first kappa shape index (κ1) is 9.74. The summed E-state index contributed by atoms with van der Waals surface area (Å²) in [5, 5.41) is 0. The first-order chi connectivity index (χ1) is 6.06. The summed E-state index contributed by atoms with van der Waals surface area (Å²) in [5.74, 6) is -0.320. The molecule has 1 aromatic rings. The Morgan fingerprint density at radius 3 is 2.69 bits per heavy atom. The van der Waals surface area contributed by atoms with Gasteiger partial charge in [0.2, 0.25) is 0 Å². The van der Waals surface area contributed by atoms with Gasteiger partial charge in [-0.15, -0.1) is 6.58 Å². The van der Waals surface area contributed by atoms with Gasteiger partial charge in [-0.3, -0.25) is 0 Å². The number of nitrogen functional groups attached to an aromatic ring is 1. The lowest BCUT2D eigenvalue weighted by molar-refractivity contribution is 0.623. The standard InChI is InChI=1S/C10H13FN2/c1-3-9(12)8-5-7(11)4-6(2)10(8)13/h3-5,9H,1,12-13H2,2H3. The fraction of sp³-hybridized carbons (Fsp3) is 0.200. The van der Waals surface area contributed by atoms with Gasteiger partial charge in [-0.25, -0.2) is 4.39 Å². The van der Waals surface area contributed by atoms with E-state index in [1.54, 1.807) is 6.92 Å². The Bertz CT molecular complexity index is 334. The van der Waals surface area contributed by atoms with Gasteiger partial charge in [-0.1, -0.05) is 6.08 Å². The second-order valence-corrected chi connectivity index (χ2v) is 2.99. The van der Waals surface area contributed by atoms with Gasteiger partial charge in [0.1, 0.15) is 5.82 Å². The first-order valence-corrected chi connectivity index (χ1v) is 4.00. The molecule has 0 saturated heterocycles. The van der Waals surface area contributed by atoms with Gasteiger partial charge >= 0.3 is 0 Å². The van der Waals surface area contributed by atoms with E-state index in [-0.39, 0.29) is 5.82 Å². The summed E-state index contributed by atoms with van der Waals surface area (Å²) in [4.78, 5) is 0. The van der Waals surface area contributed by atoms with Gasteiger partial charge < -0.3 is 11.5 Å². The van der Waals surface area contributed by atoms with E-state index in [9.17, 15) is 4.39 Å². The van der Waals surface area contributed by atoms with Crippen molar-refractivity contribution in [1.29, 1.82) is 0 Å². The van der Waals surface area contributed by atoms with E-state index in [0.29, 0.717) is 16.8 Å². The lowest BCUT2D eigenvalue weighted by atomic mass is 10.0. The summed E-state index contributed by atoms with van der Waals surface area (Å²) in [6.07, 6.45) is 1.53. The zero-order valence-electron chi connectivity index (χ0n) is 7.55. The van der Waals surface area contributed by atoms with Gasteiger partial charge in [0.15, 0.2) is 0 Å². The lowest BCUT2D eigenvalue weighted by Crippen LogP contribution is -2.10. The third-order valence-electron chi connectivity index (χ3n) is 2.00. The van der Waals surface area contributed by atoms with Crippen molar-refractivity contribution < 1.29 is 4.39 Å². The number of halogens is 1. The summed E-state index contributed by atoms with van der Waals surface area (Å²) >= 11 is 0. The van der Waals surface area contributed by atoms with Crippen LogP contribution in [0.25, 0.3) is 0 Å². The van der Waals surface area contributed by atoms with Crippen LogP contribution in [0.4, 0.5) is 10.1 Å². The van der Waals surface area contributed by atoms with Crippen molar-refractivity contribution in [2.45, 2.75) is 13.0 Å². The highest BCUT2D eigenvalue weighted by atomic mass is 19.1. The first-order valence-electron chi connectivity index (χ1n) is 4.00. The van der Waals surface area contributed by atoms with Crippen LogP contribution in [0.1, 0.15) is 17.2 Å². The van der Waals surface area contributed by atoms with Crippen molar-refractivity contribution in [3.8, 4) is 0 Å². The van der Waals surface area contributed by atoms with Crippen LogP contribution in [0, 0.1) is 12.7 Å². The van der Waals surface area contributed by atoms with Crippen LogP contribution in [0.2, 0.25) is 0 Å². The second kappa shape index (κ2) is 3.58. The summed E-state index contributed by atoms with van der Waals surface area (Å²) in [6.45, 7) is 5.28. The number of aryl methyl sites for hydroxylation is 1. The summed E-state index contributed by atoms with van der Waals surface area (Å²) < 4.78 is 13.0. The molecule has 1 unspecified atom stereocenters. The van der Waals surface area contributed by atoms with Crippen molar-refractivity contribution in [2.24, 2.45) is 5.73 Å². The van der Waals surface area contributed by atoms with Crippen molar-refractivity contribution in [3.63, 3.8) is 0 Å². The zero-order valence-corrected chi connectivity index (χ0v) is 7.55. The van der Waals surface area contributed by atoms with Gasteiger partial charge in [-0.05, 0) is 30.2 Å². The third-order valence-corrected chi connectivity index (χ3v) is 2.00. The highest BCUT2D eigenvalue weighted by molar-refractivity contribution is 5.55. The van der Waals surface area contributed by atoms with Crippen LogP contribution in [0.15, 0.2) is 24.8 Å². The van der Waals surface area contributed by atoms with E-state index < -0.39 is 6.04 Å². The maximum Gasteiger partial charge on any atom is 0.123 e. The molecule has 0 aliphatic heterocycles. The van der Waals surface area contributed by atoms with Crippen molar-refractivity contribution in [1.82, 2.24) is 0 Å². The molecule has 0 aromatic heterocycles. The minimum atomic E-state index is -0.408. The van der Waals surface area contributed by atoms with E-state index in [1.165, 1.54) is 18.2 Å². The van der Waals surface area contributed by atoms with Crippen LogP contribution in [-0.2, 0) is 0 Å². The average Bonchev–Trinajstić information content (AvgIpc) is 2.10. The van der Waals surface area contributed by atoms with Crippen LogP contribution in [-0.4, -0.2) is 0 Å². The molecule has 1 rings (SSSR count). The molecule has 1 aromatic carbocycles. The molecule has 2 nitrogen and oxygen atoms in total. The van der Waals surface area contributed by atoms with Gasteiger partial charge in [0.25, 0.3) is 0 Å². The normalized spacial score (nSPS) is 12.5. The molecular weight excluding hydrogens is 167 g/mol. The minimum absolute atomic E-state index is 0.320. The molecule has 0 fully saturated rings. The number of hydrogen-bond donors (Lipinski definition) is 2. The van der Waals surface area contributed by atoms with Gasteiger partial charge in [0.05, 0.1) is 0 Å². The minimum Gasteiger partial charge on any atom is -0.398 e. The lowest BCUT2D eigenvalue weighted by Gasteiger charge is -2.12. The maximum atomic E-state index is 13.0. The molecule has 0 aliphatic rings. The summed E-state index contributed by atoms with van der Waals surface area (Å²) in [7, 11) is 0. The Balaban J connectivity index is 3.27. The topological polar surface area (TPSA) is 52.0 Å². The third kappa shape index (κ3) is 1.87. The summed E-state index contributed by atoms with van der Waals surface area (Å²) in [6, 6.07) is 2.32. The molecule has 4 N–H and O–H groups in total. The smallest absolute Gasteiger partial charge is 0.123 e. The highest BCUT2D eigenvalue weighted by Crippen LogP contribution is 2.24. The molecule has 0 amide bonds. The Kier molecular flexibility index (Phi) is 2.68. The molecule has 3 heteroatoms. The van der Waals surface area contributed by atoms with E-state index in [0.717, 1.165) is 0 Å². The largest absolute Gasteiger partial charge is 0.398 e. The molecular formula is C10H13FN2. The van der Waals surface area contributed by atoms with Crippen molar-refractivity contribution in [3.05, 3.63) is 41.7 Å². The number of benzene rings is 1. The van der Waals surface area contributed by atoms with E-state index in [2.05, 4.69) is 6.58 Å². The molecule has 13 heavy (non-hydrogen) atoms. The molecule has 0 spiro atoms. The molecule has 0 heterocycles. The molecule has 0 radical (unpaired) electrons. The maximum absolute atomic E-state index is 13.0. The SMILES string of the molecule is C=CC(N)c1cc(F)cc(C)c1N. The Hall–Kier alpha value is -1.35. The van der Waals surface area contributed by atoms with Crippen LogP contribution < -0.4 is 11.5 Å². The fourth-order valence-electron chi connectivity index (χ4n) is 1.18. The van der Waals surface area contributed by atoms with Crippen LogP contribution in [0.5, 0.6) is 0 Å². The van der Waals surface area contributed by atoms with Gasteiger partial charge in [0, 0.05) is 11.7 Å². The van der Waals surface area contributed by atoms with E-state index in [4.69, 9.17) is 11.5 Å². The molecule has 0 saturated carbocycles. The number of hydrogen-bond acceptors (Lipinski definition) is 2. The zero-order chi connectivity index (χ0) is 10.0. The van der Waals surface area contributed by atoms with Crippen LogP contribution >= 0.6 is 0 Å². The van der Waals surface area contributed by atoms with Crippen molar-refractivity contribution >= 4 is 5.69 Å². The van der Waals surface area contributed by atoms with Gasteiger partial charge in [-0.2, -0.15) is 0 Å². The Morgan fingerprint density at radius 1 is 1.54 bits per heavy atom. The molecule has 0 aliphatic carbocycles. The quantitative estimate of drug-likeness (QED) is 0.539. The Labute approximate surface area is 77.0 Å². The second-order valence-electron chi connectivity index (χ2n) is 2.99. The molecule has 1 atom stereocenters. The summed E-state index contributed by atoms with van der Waals surface area (Å²) in [5.41, 5.74) is 13.2. The van der Waals surface area contributed by atoms with E-state index in [1.807, 2.05) is 0 Å². The van der Waals surface area contributed by atoms with Crippen molar-refractivity contribution in [2.75, 3.05) is 5.73 Å². The predicted molar refractivity (Wildman–Crippen MR) is 52.7 cm³/mol.